The Balaban J connectivity index is 0.000001000. The third-order valence-electron chi connectivity index (χ3n) is 1.65. The lowest BCUT2D eigenvalue weighted by atomic mass is 10.4. The summed E-state index contributed by atoms with van der Waals surface area (Å²) in [6.45, 7) is 4.12. The van der Waals surface area contributed by atoms with E-state index in [-0.39, 0.29) is 12.4 Å². The van der Waals surface area contributed by atoms with Crippen LogP contribution < -0.4 is 10.6 Å². The molecule has 0 amide bonds. The number of hydrogen-bond donors (Lipinski definition) is 1. The van der Waals surface area contributed by atoms with E-state index in [0.717, 1.165) is 4.80 Å². The minimum Gasteiger partial charge on any atom is -0.323 e. The van der Waals surface area contributed by atoms with Crippen molar-refractivity contribution in [2.24, 2.45) is 18.0 Å². The molecule has 0 aromatic carbocycles. The molecule has 0 aliphatic carbocycles. The van der Waals surface area contributed by atoms with Crippen LogP contribution in [0, 0.1) is 13.8 Å². The average Bonchev–Trinajstić information content (AvgIpc) is 2.17. The largest absolute Gasteiger partial charge is 0.323 e. The summed E-state index contributed by atoms with van der Waals surface area (Å²) in [6, 6.07) is 0. The maximum Gasteiger partial charge on any atom is 0.207 e. The van der Waals surface area contributed by atoms with Gasteiger partial charge < -0.3 is 10.4 Å². The molecule has 1 aromatic rings. The van der Waals surface area contributed by atoms with E-state index >= 15 is 0 Å². The number of nitrogens with zero attached hydrogens (tertiary/aromatic N) is 2. The molecule has 1 aromatic heterocycles. The molecule has 0 aliphatic rings. The predicted molar refractivity (Wildman–Crippen MR) is 49.8 cm³/mol. The standard InChI is InChI=1S/C6H11N3S.ClH/c1-4-5(2)10-6(8-7)9(4)3;/h7H2,1-3H3;1H. The van der Waals surface area contributed by atoms with E-state index in [1.54, 1.807) is 11.3 Å². The summed E-state index contributed by atoms with van der Waals surface area (Å²) >= 11 is 1.61. The zero-order valence-electron chi connectivity index (χ0n) is 6.79. The van der Waals surface area contributed by atoms with Gasteiger partial charge in [0.1, 0.15) is 0 Å². The van der Waals surface area contributed by atoms with E-state index in [2.05, 4.69) is 18.9 Å². The van der Waals surface area contributed by atoms with E-state index in [4.69, 9.17) is 5.84 Å². The fraction of sp³-hybridized carbons (Fsp3) is 0.500. The van der Waals surface area contributed by atoms with Gasteiger partial charge in [0.15, 0.2) is 0 Å². The highest BCUT2D eigenvalue weighted by atomic mass is 35.5. The molecule has 0 unspecified atom stereocenters. The van der Waals surface area contributed by atoms with Gasteiger partial charge in [0.25, 0.3) is 0 Å². The van der Waals surface area contributed by atoms with E-state index in [9.17, 15) is 0 Å². The molecule has 3 nitrogen and oxygen atoms in total. The van der Waals surface area contributed by atoms with E-state index in [1.165, 1.54) is 10.6 Å². The highest BCUT2D eigenvalue weighted by molar-refractivity contribution is 7.09. The van der Waals surface area contributed by atoms with Crippen molar-refractivity contribution >= 4 is 23.7 Å². The minimum atomic E-state index is 0. The van der Waals surface area contributed by atoms with Gasteiger partial charge in [0.05, 0.1) is 0 Å². The minimum absolute atomic E-state index is 0. The van der Waals surface area contributed by atoms with Gasteiger partial charge in [-0.05, 0) is 13.8 Å². The van der Waals surface area contributed by atoms with Gasteiger partial charge >= 0.3 is 0 Å². The van der Waals surface area contributed by atoms with Gasteiger partial charge in [-0.15, -0.1) is 23.7 Å². The molecule has 0 atom stereocenters. The van der Waals surface area contributed by atoms with Crippen LogP contribution in [0.25, 0.3) is 0 Å². The molecular formula is C6H12ClN3S. The van der Waals surface area contributed by atoms with Gasteiger partial charge in [-0.25, -0.2) is 0 Å². The number of aromatic nitrogens is 1. The molecular weight excluding hydrogens is 182 g/mol. The summed E-state index contributed by atoms with van der Waals surface area (Å²) in [5.41, 5.74) is 1.23. The fourth-order valence-corrected chi connectivity index (χ4v) is 1.66. The zero-order valence-corrected chi connectivity index (χ0v) is 8.42. The lowest BCUT2D eigenvalue weighted by Gasteiger charge is -1.92. The Hall–Kier alpha value is -0.480. The second-order valence-electron chi connectivity index (χ2n) is 2.21. The summed E-state index contributed by atoms with van der Waals surface area (Å²) in [5, 5.41) is 3.63. The topological polar surface area (TPSA) is 43.3 Å². The Bertz CT molecular complexity index is 299. The molecule has 0 saturated carbocycles. The Morgan fingerprint density at radius 2 is 2.00 bits per heavy atom. The van der Waals surface area contributed by atoms with Crippen molar-refractivity contribution in [3.8, 4) is 0 Å². The molecule has 0 saturated heterocycles. The van der Waals surface area contributed by atoms with E-state index in [1.807, 2.05) is 11.6 Å². The monoisotopic (exact) mass is 193 g/mol. The lowest BCUT2D eigenvalue weighted by molar-refractivity contribution is 0.815. The number of halogens is 1. The maximum absolute atomic E-state index is 5.15. The molecule has 11 heavy (non-hydrogen) atoms. The average molecular weight is 194 g/mol. The van der Waals surface area contributed by atoms with E-state index in [0.29, 0.717) is 0 Å². The molecule has 0 aliphatic heterocycles. The van der Waals surface area contributed by atoms with Crippen LogP contribution >= 0.6 is 23.7 Å². The number of aryl methyl sites for hydroxylation is 1. The van der Waals surface area contributed by atoms with Crippen molar-refractivity contribution in [1.29, 1.82) is 0 Å². The van der Waals surface area contributed by atoms with Crippen LogP contribution in [0.4, 0.5) is 0 Å². The summed E-state index contributed by atoms with van der Waals surface area (Å²) in [7, 11) is 1.96. The Morgan fingerprint density at radius 1 is 1.45 bits per heavy atom. The fourth-order valence-electron chi connectivity index (χ4n) is 0.772. The van der Waals surface area contributed by atoms with Crippen molar-refractivity contribution in [1.82, 2.24) is 4.57 Å². The third kappa shape index (κ3) is 1.75. The lowest BCUT2D eigenvalue weighted by Crippen LogP contribution is -2.13. The highest BCUT2D eigenvalue weighted by Gasteiger charge is 1.99. The van der Waals surface area contributed by atoms with Crippen molar-refractivity contribution in [3.05, 3.63) is 15.4 Å². The van der Waals surface area contributed by atoms with Gasteiger partial charge in [-0.2, -0.15) is 5.10 Å². The van der Waals surface area contributed by atoms with E-state index < -0.39 is 0 Å². The van der Waals surface area contributed by atoms with Crippen molar-refractivity contribution in [2.75, 3.05) is 0 Å². The number of thiazole rings is 1. The maximum atomic E-state index is 5.15. The van der Waals surface area contributed by atoms with Gasteiger partial charge in [0, 0.05) is 17.6 Å². The Kier molecular flexibility index (Phi) is 3.62. The molecule has 0 spiro atoms. The summed E-state index contributed by atoms with van der Waals surface area (Å²) in [5.74, 6) is 5.15. The van der Waals surface area contributed by atoms with Gasteiger partial charge in [0.2, 0.25) is 4.80 Å². The Morgan fingerprint density at radius 3 is 2.18 bits per heavy atom. The van der Waals surface area contributed by atoms with Crippen LogP contribution in [0.1, 0.15) is 10.6 Å². The zero-order chi connectivity index (χ0) is 7.72. The number of hydrogen-bond acceptors (Lipinski definition) is 3. The van der Waals surface area contributed by atoms with Gasteiger partial charge in [-0.3, -0.25) is 0 Å². The molecule has 0 radical (unpaired) electrons. The van der Waals surface area contributed by atoms with Crippen LogP contribution in [-0.2, 0) is 7.05 Å². The smallest absolute Gasteiger partial charge is 0.207 e. The SMILES string of the molecule is Cc1sc(=NN)n(C)c1C.Cl. The number of rotatable bonds is 0. The summed E-state index contributed by atoms with van der Waals surface area (Å²) < 4.78 is 1.99. The molecule has 2 N–H and O–H groups in total. The van der Waals surface area contributed by atoms with Crippen LogP contribution in [0.2, 0.25) is 0 Å². The first kappa shape index (κ1) is 10.5. The number of nitrogens with two attached hydrogens (primary N) is 1. The first-order chi connectivity index (χ1) is 4.66. The summed E-state index contributed by atoms with van der Waals surface area (Å²) in [4.78, 5) is 2.14. The highest BCUT2D eigenvalue weighted by Crippen LogP contribution is 2.06. The first-order valence-corrected chi connectivity index (χ1v) is 3.85. The molecule has 64 valence electrons. The first-order valence-electron chi connectivity index (χ1n) is 3.03. The summed E-state index contributed by atoms with van der Waals surface area (Å²) in [6.07, 6.45) is 0. The second-order valence-corrected chi connectivity index (χ2v) is 3.40. The van der Waals surface area contributed by atoms with Crippen LogP contribution in [0.5, 0.6) is 0 Å². The molecule has 1 heterocycles. The second kappa shape index (κ2) is 3.78. The van der Waals surface area contributed by atoms with Crippen LogP contribution in [-0.4, -0.2) is 4.57 Å². The predicted octanol–water partition coefficient (Wildman–Crippen LogP) is 0.900. The van der Waals surface area contributed by atoms with Gasteiger partial charge in [-0.1, -0.05) is 0 Å². The molecule has 5 heteroatoms. The molecule has 0 bridgehead atoms. The quantitative estimate of drug-likeness (QED) is 0.483. The van der Waals surface area contributed by atoms with Crippen molar-refractivity contribution < 1.29 is 0 Å². The molecule has 1 rings (SSSR count). The molecule has 0 fully saturated rings. The Labute approximate surface area is 76.0 Å². The van der Waals surface area contributed by atoms with Crippen LogP contribution in [0.15, 0.2) is 5.10 Å². The van der Waals surface area contributed by atoms with Crippen LogP contribution in [0.3, 0.4) is 0 Å². The normalized spacial score (nSPS) is 11.4. The van der Waals surface area contributed by atoms with Crippen molar-refractivity contribution in [2.45, 2.75) is 13.8 Å². The van der Waals surface area contributed by atoms with Crippen molar-refractivity contribution in [3.63, 3.8) is 0 Å². The third-order valence-corrected chi connectivity index (χ3v) is 2.82.